The molecule has 1 saturated heterocycles. The molecule has 25 heavy (non-hydrogen) atoms. The fourth-order valence-electron chi connectivity index (χ4n) is 3.50. The first-order valence-electron chi connectivity index (χ1n) is 9.71. The highest BCUT2D eigenvalue weighted by molar-refractivity contribution is 5.42. The van der Waals surface area contributed by atoms with Crippen LogP contribution in [-0.2, 0) is 6.42 Å². The van der Waals surface area contributed by atoms with Crippen molar-refractivity contribution in [3.8, 4) is 0 Å². The summed E-state index contributed by atoms with van der Waals surface area (Å²) in [6.45, 7) is 5.35. The van der Waals surface area contributed by atoms with E-state index in [9.17, 15) is 0 Å². The molecule has 1 aromatic heterocycles. The summed E-state index contributed by atoms with van der Waals surface area (Å²) in [5.74, 6) is 2.61. The lowest BCUT2D eigenvalue weighted by atomic mass is 9.90. The molecule has 1 aliphatic rings. The van der Waals surface area contributed by atoms with Crippen molar-refractivity contribution in [3.05, 3.63) is 48.2 Å². The van der Waals surface area contributed by atoms with E-state index in [1.54, 1.807) is 0 Å². The van der Waals surface area contributed by atoms with Gasteiger partial charge in [-0.3, -0.25) is 0 Å². The summed E-state index contributed by atoms with van der Waals surface area (Å²) in [5.41, 5.74) is 1.46. The second-order valence-corrected chi connectivity index (χ2v) is 6.99. The summed E-state index contributed by atoms with van der Waals surface area (Å²) < 4.78 is 0. The number of piperidine rings is 1. The molecule has 3 rings (SSSR count). The zero-order valence-electron chi connectivity index (χ0n) is 15.3. The van der Waals surface area contributed by atoms with Gasteiger partial charge in [0.25, 0.3) is 0 Å². The Kier molecular flexibility index (Phi) is 6.66. The number of hydrogen-bond acceptors (Lipinski definition) is 4. The first-order chi connectivity index (χ1) is 12.3. The molecule has 1 N–H and O–H groups in total. The summed E-state index contributed by atoms with van der Waals surface area (Å²) in [7, 11) is 0. The van der Waals surface area contributed by atoms with Gasteiger partial charge in [-0.15, -0.1) is 0 Å². The predicted octanol–water partition coefficient (Wildman–Crippen LogP) is 4.54. The quantitative estimate of drug-likeness (QED) is 0.718. The van der Waals surface area contributed by atoms with Crippen LogP contribution in [0.2, 0.25) is 0 Å². The average molecular weight is 338 g/mol. The van der Waals surface area contributed by atoms with Crippen LogP contribution in [0.15, 0.2) is 42.6 Å². The van der Waals surface area contributed by atoms with Gasteiger partial charge in [0.2, 0.25) is 5.95 Å². The molecular formula is C21H30N4. The van der Waals surface area contributed by atoms with E-state index < -0.39 is 0 Å². The summed E-state index contributed by atoms with van der Waals surface area (Å²) in [5, 5.41) is 3.35. The van der Waals surface area contributed by atoms with E-state index in [2.05, 4.69) is 52.5 Å². The molecule has 1 fully saturated rings. The van der Waals surface area contributed by atoms with E-state index >= 15 is 0 Å². The number of aromatic nitrogens is 2. The molecule has 2 aromatic rings. The Hall–Kier alpha value is -2.10. The van der Waals surface area contributed by atoms with Crippen LogP contribution in [0.5, 0.6) is 0 Å². The molecule has 0 saturated carbocycles. The van der Waals surface area contributed by atoms with E-state index in [1.807, 2.05) is 12.3 Å². The molecule has 134 valence electrons. The van der Waals surface area contributed by atoms with Gasteiger partial charge in [0.05, 0.1) is 0 Å². The molecule has 0 radical (unpaired) electrons. The van der Waals surface area contributed by atoms with Crippen LogP contribution in [0.3, 0.4) is 0 Å². The van der Waals surface area contributed by atoms with E-state index in [1.165, 1.54) is 44.1 Å². The summed E-state index contributed by atoms with van der Waals surface area (Å²) in [4.78, 5) is 11.5. The predicted molar refractivity (Wildman–Crippen MR) is 105 cm³/mol. The highest BCUT2D eigenvalue weighted by Gasteiger charge is 2.20. The number of unbranched alkanes of at least 4 members (excludes halogenated alkanes) is 2. The maximum Gasteiger partial charge on any atom is 0.224 e. The number of anilines is 2. The number of benzene rings is 1. The van der Waals surface area contributed by atoms with Crippen molar-refractivity contribution in [2.75, 3.05) is 29.9 Å². The Bertz CT molecular complexity index is 621. The standard InChI is InChI=1S/C21H30N4/c1-2-3-7-13-22-21-23-14-10-20(24-21)25-15-11-19(12-16-25)17-18-8-5-4-6-9-18/h4-6,8-10,14,19H,2-3,7,11-13,15-17H2,1H3,(H,22,23,24). The van der Waals surface area contributed by atoms with Gasteiger partial charge in [-0.05, 0) is 43.2 Å². The lowest BCUT2D eigenvalue weighted by Gasteiger charge is -2.33. The van der Waals surface area contributed by atoms with Crippen LogP contribution >= 0.6 is 0 Å². The first-order valence-corrected chi connectivity index (χ1v) is 9.71. The second kappa shape index (κ2) is 9.40. The molecule has 0 unspecified atom stereocenters. The largest absolute Gasteiger partial charge is 0.356 e. The monoisotopic (exact) mass is 338 g/mol. The van der Waals surface area contributed by atoms with Gasteiger partial charge in [0.15, 0.2) is 0 Å². The van der Waals surface area contributed by atoms with E-state index in [4.69, 9.17) is 4.98 Å². The molecular weight excluding hydrogens is 308 g/mol. The molecule has 1 aromatic carbocycles. The molecule has 0 spiro atoms. The van der Waals surface area contributed by atoms with Gasteiger partial charge in [0.1, 0.15) is 5.82 Å². The van der Waals surface area contributed by atoms with Crippen LogP contribution in [-0.4, -0.2) is 29.6 Å². The highest BCUT2D eigenvalue weighted by atomic mass is 15.2. The van der Waals surface area contributed by atoms with Crippen LogP contribution < -0.4 is 10.2 Å². The Morgan fingerprint density at radius 3 is 2.64 bits per heavy atom. The lowest BCUT2D eigenvalue weighted by Crippen LogP contribution is -2.35. The number of nitrogens with one attached hydrogen (secondary N) is 1. The lowest BCUT2D eigenvalue weighted by molar-refractivity contribution is 0.402. The molecule has 1 aliphatic heterocycles. The summed E-state index contributed by atoms with van der Waals surface area (Å²) >= 11 is 0. The van der Waals surface area contributed by atoms with Gasteiger partial charge >= 0.3 is 0 Å². The van der Waals surface area contributed by atoms with Crippen molar-refractivity contribution in [3.63, 3.8) is 0 Å². The van der Waals surface area contributed by atoms with Gasteiger partial charge in [-0.1, -0.05) is 50.1 Å². The molecule has 0 aliphatic carbocycles. The molecule has 4 nitrogen and oxygen atoms in total. The minimum absolute atomic E-state index is 0.764. The van der Waals surface area contributed by atoms with Crippen molar-refractivity contribution in [2.45, 2.75) is 45.4 Å². The second-order valence-electron chi connectivity index (χ2n) is 6.99. The van der Waals surface area contributed by atoms with Gasteiger partial charge < -0.3 is 10.2 Å². The van der Waals surface area contributed by atoms with Crippen LogP contribution in [0.1, 0.15) is 44.6 Å². The van der Waals surface area contributed by atoms with Crippen molar-refractivity contribution < 1.29 is 0 Å². The van der Waals surface area contributed by atoms with Gasteiger partial charge in [0, 0.05) is 25.8 Å². The normalized spacial score (nSPS) is 15.3. The zero-order valence-corrected chi connectivity index (χ0v) is 15.3. The minimum atomic E-state index is 0.764. The van der Waals surface area contributed by atoms with Crippen molar-refractivity contribution in [1.29, 1.82) is 0 Å². The highest BCUT2D eigenvalue weighted by Crippen LogP contribution is 2.25. The Balaban J connectivity index is 1.49. The van der Waals surface area contributed by atoms with E-state index in [-0.39, 0.29) is 0 Å². The Labute approximate surface area is 151 Å². The maximum atomic E-state index is 4.71. The van der Waals surface area contributed by atoms with Crippen LogP contribution in [0.4, 0.5) is 11.8 Å². The van der Waals surface area contributed by atoms with Gasteiger partial charge in [-0.25, -0.2) is 4.98 Å². The summed E-state index contributed by atoms with van der Waals surface area (Å²) in [6, 6.07) is 12.9. The van der Waals surface area contributed by atoms with Crippen LogP contribution in [0, 0.1) is 5.92 Å². The molecule has 0 bridgehead atoms. The smallest absolute Gasteiger partial charge is 0.224 e. The average Bonchev–Trinajstić information content (AvgIpc) is 2.67. The number of rotatable bonds is 8. The fraction of sp³-hybridized carbons (Fsp3) is 0.524. The summed E-state index contributed by atoms with van der Waals surface area (Å²) in [6.07, 6.45) is 9.20. The third kappa shape index (κ3) is 5.45. The Morgan fingerprint density at radius 1 is 1.08 bits per heavy atom. The molecule has 2 heterocycles. The van der Waals surface area contributed by atoms with Crippen molar-refractivity contribution >= 4 is 11.8 Å². The fourth-order valence-corrected chi connectivity index (χ4v) is 3.50. The number of hydrogen-bond donors (Lipinski definition) is 1. The first kappa shape index (κ1) is 17.7. The third-order valence-corrected chi connectivity index (χ3v) is 5.01. The van der Waals surface area contributed by atoms with Crippen molar-refractivity contribution in [2.24, 2.45) is 5.92 Å². The topological polar surface area (TPSA) is 41.1 Å². The van der Waals surface area contributed by atoms with Crippen molar-refractivity contribution in [1.82, 2.24) is 9.97 Å². The van der Waals surface area contributed by atoms with E-state index in [0.717, 1.165) is 37.3 Å². The minimum Gasteiger partial charge on any atom is -0.356 e. The molecule has 0 amide bonds. The zero-order chi connectivity index (χ0) is 17.3. The SMILES string of the molecule is CCCCCNc1nccc(N2CCC(Cc3ccccc3)CC2)n1. The van der Waals surface area contributed by atoms with E-state index in [0.29, 0.717) is 0 Å². The van der Waals surface area contributed by atoms with Crippen LogP contribution in [0.25, 0.3) is 0 Å². The third-order valence-electron chi connectivity index (χ3n) is 5.01. The van der Waals surface area contributed by atoms with Gasteiger partial charge in [-0.2, -0.15) is 4.98 Å². The molecule has 4 heteroatoms. The molecule has 0 atom stereocenters. The Morgan fingerprint density at radius 2 is 1.88 bits per heavy atom. The number of nitrogens with zero attached hydrogens (tertiary/aromatic N) is 3. The maximum absolute atomic E-state index is 4.71.